The van der Waals surface area contributed by atoms with Crippen LogP contribution >= 0.6 is 45.8 Å². The van der Waals surface area contributed by atoms with E-state index < -0.39 is 0 Å². The van der Waals surface area contributed by atoms with Crippen LogP contribution < -0.4 is 4.74 Å². The van der Waals surface area contributed by atoms with Crippen molar-refractivity contribution in [3.8, 4) is 11.8 Å². The standard InChI is InChI=1S/C22H15Cl2IN2O2/c23-20-9-16(12-27-29-14-18-4-2-1-3-17(18)11-26)10-21(24)22(20)28-13-15-5-7-19(25)8-6-15/h1-10,12H,13-14H2/b27-12-. The molecule has 3 aromatic rings. The summed E-state index contributed by atoms with van der Waals surface area (Å²) in [5, 5.41) is 13.8. The lowest BCUT2D eigenvalue weighted by Gasteiger charge is -2.11. The molecule has 3 aromatic carbocycles. The Morgan fingerprint density at radius 3 is 2.38 bits per heavy atom. The molecule has 0 bridgehead atoms. The molecule has 0 atom stereocenters. The molecule has 0 spiro atoms. The first-order valence-electron chi connectivity index (χ1n) is 8.56. The largest absolute Gasteiger partial charge is 0.486 e. The molecule has 7 heteroatoms. The number of hydrogen-bond acceptors (Lipinski definition) is 4. The fourth-order valence-electron chi connectivity index (χ4n) is 2.49. The van der Waals surface area contributed by atoms with Crippen LogP contribution in [0.15, 0.2) is 65.8 Å². The predicted octanol–water partition coefficient (Wildman–Crippen LogP) is 6.60. The summed E-state index contributed by atoms with van der Waals surface area (Å²) in [4.78, 5) is 5.29. The molecule has 0 radical (unpaired) electrons. The van der Waals surface area contributed by atoms with E-state index in [1.54, 1.807) is 24.3 Å². The zero-order valence-electron chi connectivity index (χ0n) is 15.1. The van der Waals surface area contributed by atoms with Gasteiger partial charge in [0.05, 0.1) is 27.9 Å². The molecule has 3 rings (SSSR count). The van der Waals surface area contributed by atoms with Crippen LogP contribution in [-0.4, -0.2) is 6.21 Å². The van der Waals surface area contributed by atoms with Crippen molar-refractivity contribution in [2.75, 3.05) is 0 Å². The van der Waals surface area contributed by atoms with E-state index in [-0.39, 0.29) is 6.61 Å². The van der Waals surface area contributed by atoms with Crippen molar-refractivity contribution in [1.82, 2.24) is 0 Å². The molecule has 0 aliphatic heterocycles. The van der Waals surface area contributed by atoms with Gasteiger partial charge < -0.3 is 9.57 Å². The molecule has 0 aromatic heterocycles. The Kier molecular flexibility index (Phi) is 7.76. The lowest BCUT2D eigenvalue weighted by Crippen LogP contribution is -1.98. The molecule has 0 fully saturated rings. The normalized spacial score (nSPS) is 10.7. The van der Waals surface area contributed by atoms with Crippen molar-refractivity contribution in [3.05, 3.63) is 96.5 Å². The second kappa shape index (κ2) is 10.5. The first-order valence-corrected chi connectivity index (χ1v) is 10.4. The van der Waals surface area contributed by atoms with E-state index in [2.05, 4.69) is 33.8 Å². The summed E-state index contributed by atoms with van der Waals surface area (Å²) in [5.74, 6) is 0.424. The van der Waals surface area contributed by atoms with E-state index >= 15 is 0 Å². The van der Waals surface area contributed by atoms with Gasteiger partial charge in [-0.05, 0) is 64.0 Å². The van der Waals surface area contributed by atoms with Crippen molar-refractivity contribution < 1.29 is 9.57 Å². The topological polar surface area (TPSA) is 54.6 Å². The van der Waals surface area contributed by atoms with Gasteiger partial charge in [-0.3, -0.25) is 0 Å². The van der Waals surface area contributed by atoms with E-state index in [9.17, 15) is 0 Å². The highest BCUT2D eigenvalue weighted by molar-refractivity contribution is 14.1. The van der Waals surface area contributed by atoms with Crippen LogP contribution in [0.5, 0.6) is 5.75 Å². The van der Waals surface area contributed by atoms with E-state index in [0.29, 0.717) is 33.5 Å². The second-order valence-corrected chi connectivity index (χ2v) is 8.07. The molecular weight excluding hydrogens is 522 g/mol. The van der Waals surface area contributed by atoms with Crippen LogP contribution in [0, 0.1) is 14.9 Å². The summed E-state index contributed by atoms with van der Waals surface area (Å²) in [6.07, 6.45) is 1.51. The summed E-state index contributed by atoms with van der Waals surface area (Å²) >= 11 is 14.9. The zero-order valence-corrected chi connectivity index (χ0v) is 18.8. The fourth-order valence-corrected chi connectivity index (χ4v) is 3.46. The smallest absolute Gasteiger partial charge is 0.157 e. The van der Waals surface area contributed by atoms with Gasteiger partial charge in [0.15, 0.2) is 5.75 Å². The number of ether oxygens (including phenoxy) is 1. The number of halogens is 3. The van der Waals surface area contributed by atoms with Gasteiger partial charge in [0.25, 0.3) is 0 Å². The molecule has 4 nitrogen and oxygen atoms in total. The number of benzene rings is 3. The Bertz CT molecular complexity index is 1040. The molecule has 0 saturated heterocycles. The SMILES string of the molecule is N#Cc1ccccc1CO/N=C\c1cc(Cl)c(OCc2ccc(I)cc2)c(Cl)c1. The first-order chi connectivity index (χ1) is 14.1. The van der Waals surface area contributed by atoms with Gasteiger partial charge in [0.2, 0.25) is 0 Å². The van der Waals surface area contributed by atoms with Crippen LogP contribution in [-0.2, 0) is 18.1 Å². The highest BCUT2D eigenvalue weighted by atomic mass is 127. The summed E-state index contributed by atoms with van der Waals surface area (Å²) in [7, 11) is 0. The van der Waals surface area contributed by atoms with Crippen molar-refractivity contribution in [1.29, 1.82) is 5.26 Å². The number of hydrogen-bond donors (Lipinski definition) is 0. The fraction of sp³-hybridized carbons (Fsp3) is 0.0909. The highest BCUT2D eigenvalue weighted by Gasteiger charge is 2.10. The third kappa shape index (κ3) is 6.10. The summed E-state index contributed by atoms with van der Waals surface area (Å²) in [6, 6.07) is 20.7. The van der Waals surface area contributed by atoms with Crippen molar-refractivity contribution in [2.45, 2.75) is 13.2 Å². The molecule has 0 aliphatic carbocycles. The average molecular weight is 537 g/mol. The highest BCUT2D eigenvalue weighted by Crippen LogP contribution is 2.34. The zero-order chi connectivity index (χ0) is 20.6. The maximum atomic E-state index is 9.08. The van der Waals surface area contributed by atoms with Crippen molar-refractivity contribution in [2.24, 2.45) is 5.16 Å². The number of nitriles is 1. The minimum Gasteiger partial charge on any atom is -0.486 e. The summed E-state index contributed by atoms with van der Waals surface area (Å²) in [6.45, 7) is 0.560. The number of nitrogens with zero attached hydrogens (tertiary/aromatic N) is 2. The Morgan fingerprint density at radius 1 is 1.00 bits per heavy atom. The maximum Gasteiger partial charge on any atom is 0.157 e. The lowest BCUT2D eigenvalue weighted by atomic mass is 10.1. The molecule has 0 aliphatic rings. The summed E-state index contributed by atoms with van der Waals surface area (Å²) in [5.41, 5.74) is 3.02. The molecule has 146 valence electrons. The van der Waals surface area contributed by atoms with Crippen LogP contribution in [0.25, 0.3) is 0 Å². The molecular formula is C22H15Cl2IN2O2. The second-order valence-electron chi connectivity index (χ2n) is 6.01. The van der Waals surface area contributed by atoms with Crippen molar-refractivity contribution >= 4 is 52.0 Å². The van der Waals surface area contributed by atoms with Crippen LogP contribution in [0.2, 0.25) is 10.0 Å². The molecule has 0 unspecified atom stereocenters. The van der Waals surface area contributed by atoms with Gasteiger partial charge in [0.1, 0.15) is 13.2 Å². The Morgan fingerprint density at radius 2 is 1.69 bits per heavy atom. The van der Waals surface area contributed by atoms with Crippen LogP contribution in [0.3, 0.4) is 0 Å². The van der Waals surface area contributed by atoms with Gasteiger partial charge in [-0.15, -0.1) is 0 Å². The van der Waals surface area contributed by atoms with Crippen LogP contribution in [0.4, 0.5) is 0 Å². The van der Waals surface area contributed by atoms with Gasteiger partial charge in [0, 0.05) is 9.13 Å². The average Bonchev–Trinajstić information content (AvgIpc) is 2.72. The molecule has 0 saturated carbocycles. The lowest BCUT2D eigenvalue weighted by molar-refractivity contribution is 0.132. The van der Waals surface area contributed by atoms with Gasteiger partial charge >= 0.3 is 0 Å². The number of oxime groups is 1. The van der Waals surface area contributed by atoms with Crippen LogP contribution in [0.1, 0.15) is 22.3 Å². The van der Waals surface area contributed by atoms with E-state index in [1.807, 2.05) is 36.4 Å². The quantitative estimate of drug-likeness (QED) is 0.194. The van der Waals surface area contributed by atoms with E-state index in [1.165, 1.54) is 6.21 Å². The third-order valence-corrected chi connectivity index (χ3v) is 5.23. The Labute approximate surface area is 192 Å². The van der Waals surface area contributed by atoms with Gasteiger partial charge in [-0.1, -0.05) is 58.7 Å². The maximum absolute atomic E-state index is 9.08. The Hall–Kier alpha value is -2.27. The molecule has 0 N–H and O–H groups in total. The molecule has 0 heterocycles. The minimum atomic E-state index is 0.193. The van der Waals surface area contributed by atoms with Gasteiger partial charge in [-0.2, -0.15) is 5.26 Å². The number of rotatable bonds is 7. The third-order valence-electron chi connectivity index (χ3n) is 3.95. The van der Waals surface area contributed by atoms with E-state index in [0.717, 1.165) is 14.7 Å². The molecule has 29 heavy (non-hydrogen) atoms. The van der Waals surface area contributed by atoms with Crippen molar-refractivity contribution in [3.63, 3.8) is 0 Å². The Balaban J connectivity index is 1.61. The monoisotopic (exact) mass is 536 g/mol. The van der Waals surface area contributed by atoms with E-state index in [4.69, 9.17) is 38.0 Å². The minimum absolute atomic E-state index is 0.193. The predicted molar refractivity (Wildman–Crippen MR) is 123 cm³/mol. The summed E-state index contributed by atoms with van der Waals surface area (Å²) < 4.78 is 6.94. The first kappa shape index (κ1) is 21.4. The molecule has 0 amide bonds. The van der Waals surface area contributed by atoms with Gasteiger partial charge in [-0.25, -0.2) is 0 Å².